The van der Waals surface area contributed by atoms with E-state index in [9.17, 15) is 4.79 Å². The van der Waals surface area contributed by atoms with Crippen molar-refractivity contribution in [3.63, 3.8) is 0 Å². The molecule has 1 aromatic heterocycles. The topological polar surface area (TPSA) is 60.8 Å². The number of thiazole rings is 1. The molecule has 0 aliphatic carbocycles. The van der Waals surface area contributed by atoms with E-state index in [2.05, 4.69) is 34.4 Å². The maximum absolute atomic E-state index is 13.0. The Morgan fingerprint density at radius 1 is 1.10 bits per heavy atom. The van der Waals surface area contributed by atoms with E-state index in [-0.39, 0.29) is 11.9 Å². The van der Waals surface area contributed by atoms with Gasteiger partial charge in [0, 0.05) is 30.8 Å². The lowest BCUT2D eigenvalue weighted by atomic mass is 10.0. The lowest BCUT2D eigenvalue weighted by molar-refractivity contribution is -0.110. The van der Waals surface area contributed by atoms with Gasteiger partial charge < -0.3 is 4.90 Å². The number of likely N-dealkylation sites (N-methyl/N-ethyl adjacent to an activating group) is 1. The Labute approximate surface area is 179 Å². The SMILES string of the molecule is CN1CCc2nc(NC(=O)C3=NN(c4ccccc4)C(c4ccccc4)C3)sc2C1. The first-order valence-corrected chi connectivity index (χ1v) is 10.9. The van der Waals surface area contributed by atoms with Crippen LogP contribution in [-0.4, -0.2) is 35.1 Å². The van der Waals surface area contributed by atoms with Gasteiger partial charge in [0.15, 0.2) is 5.13 Å². The zero-order valence-corrected chi connectivity index (χ0v) is 17.6. The Morgan fingerprint density at radius 2 is 1.83 bits per heavy atom. The Bertz CT molecular complexity index is 1080. The standard InChI is InChI=1S/C23H23N5OS/c1-27-13-12-18-21(15-27)30-23(24-18)25-22(29)19-14-20(16-8-4-2-5-9-16)28(26-19)17-10-6-3-7-11-17/h2-11,20H,12-15H2,1H3,(H,24,25,29). The molecule has 5 rings (SSSR count). The van der Waals surface area contributed by atoms with E-state index in [0.29, 0.717) is 17.3 Å². The molecule has 0 radical (unpaired) electrons. The van der Waals surface area contributed by atoms with E-state index in [4.69, 9.17) is 5.10 Å². The smallest absolute Gasteiger partial charge is 0.273 e. The Hall–Kier alpha value is -3.03. The fourth-order valence-electron chi connectivity index (χ4n) is 3.95. The molecule has 0 bridgehead atoms. The molecule has 1 N–H and O–H groups in total. The van der Waals surface area contributed by atoms with Crippen LogP contribution >= 0.6 is 11.3 Å². The highest BCUT2D eigenvalue weighted by Crippen LogP contribution is 2.35. The molecule has 3 aromatic rings. The summed E-state index contributed by atoms with van der Waals surface area (Å²) in [6.07, 6.45) is 1.48. The predicted octanol–water partition coefficient (Wildman–Crippen LogP) is 4.08. The van der Waals surface area contributed by atoms with Crippen molar-refractivity contribution in [3.8, 4) is 0 Å². The molecule has 1 atom stereocenters. The van der Waals surface area contributed by atoms with Crippen molar-refractivity contribution in [2.24, 2.45) is 5.10 Å². The molecule has 30 heavy (non-hydrogen) atoms. The summed E-state index contributed by atoms with van der Waals surface area (Å²) in [5.41, 5.74) is 3.75. The Balaban J connectivity index is 1.39. The number of carbonyl (C=O) groups is 1. The maximum atomic E-state index is 13.0. The molecule has 0 saturated carbocycles. The number of anilines is 2. The summed E-state index contributed by atoms with van der Waals surface area (Å²) in [6.45, 7) is 1.89. The average Bonchev–Trinajstić information content (AvgIpc) is 3.39. The van der Waals surface area contributed by atoms with Crippen molar-refractivity contribution in [1.82, 2.24) is 9.88 Å². The molecule has 1 amide bonds. The molecule has 0 spiro atoms. The van der Waals surface area contributed by atoms with Gasteiger partial charge in [-0.15, -0.1) is 11.3 Å². The summed E-state index contributed by atoms with van der Waals surface area (Å²) in [5.74, 6) is -0.172. The zero-order valence-electron chi connectivity index (χ0n) is 16.8. The second-order valence-corrected chi connectivity index (χ2v) is 8.77. The third-order valence-electron chi connectivity index (χ3n) is 5.52. The summed E-state index contributed by atoms with van der Waals surface area (Å²) in [5, 5.41) is 10.3. The maximum Gasteiger partial charge on any atom is 0.273 e. The lowest BCUT2D eigenvalue weighted by Gasteiger charge is -2.23. The highest BCUT2D eigenvalue weighted by atomic mass is 32.1. The number of hydrazone groups is 1. The molecule has 0 fully saturated rings. The van der Waals surface area contributed by atoms with Crippen molar-refractivity contribution < 1.29 is 4.79 Å². The second kappa shape index (κ2) is 8.01. The van der Waals surface area contributed by atoms with Crippen LogP contribution in [0.3, 0.4) is 0 Å². The number of para-hydroxylation sites is 1. The molecule has 2 aliphatic heterocycles. The number of aromatic nitrogens is 1. The number of rotatable bonds is 4. The average molecular weight is 418 g/mol. The van der Waals surface area contributed by atoms with Gasteiger partial charge in [-0.2, -0.15) is 5.10 Å². The third-order valence-corrected chi connectivity index (χ3v) is 6.52. The number of fused-ring (bicyclic) bond motifs is 1. The van der Waals surface area contributed by atoms with Gasteiger partial charge in [0.05, 0.1) is 17.4 Å². The van der Waals surface area contributed by atoms with Gasteiger partial charge in [-0.3, -0.25) is 15.1 Å². The summed E-state index contributed by atoms with van der Waals surface area (Å²) < 4.78 is 0. The first-order chi connectivity index (χ1) is 14.7. The van der Waals surface area contributed by atoms with Crippen LogP contribution in [0.2, 0.25) is 0 Å². The molecule has 1 unspecified atom stereocenters. The number of nitrogens with zero attached hydrogens (tertiary/aromatic N) is 4. The van der Waals surface area contributed by atoms with E-state index in [0.717, 1.165) is 36.5 Å². The largest absolute Gasteiger partial charge is 0.301 e. The number of nitrogens with one attached hydrogen (secondary N) is 1. The van der Waals surface area contributed by atoms with E-state index in [1.807, 2.05) is 53.5 Å². The van der Waals surface area contributed by atoms with Gasteiger partial charge in [0.1, 0.15) is 5.71 Å². The first kappa shape index (κ1) is 19.0. The van der Waals surface area contributed by atoms with Crippen molar-refractivity contribution in [3.05, 3.63) is 76.8 Å². The van der Waals surface area contributed by atoms with Crippen LogP contribution < -0.4 is 10.3 Å². The third kappa shape index (κ3) is 3.74. The van der Waals surface area contributed by atoms with E-state index < -0.39 is 0 Å². The Kier molecular flexibility index (Phi) is 5.06. The molecule has 6 nitrogen and oxygen atoms in total. The van der Waals surface area contributed by atoms with E-state index in [1.54, 1.807) is 11.3 Å². The molecular weight excluding hydrogens is 394 g/mol. The van der Waals surface area contributed by atoms with Crippen molar-refractivity contribution >= 4 is 33.8 Å². The van der Waals surface area contributed by atoms with Crippen LogP contribution in [0.25, 0.3) is 0 Å². The fourth-order valence-corrected chi connectivity index (χ4v) is 5.03. The minimum Gasteiger partial charge on any atom is -0.301 e. The molecule has 152 valence electrons. The molecule has 0 saturated heterocycles. The monoisotopic (exact) mass is 417 g/mol. The number of carbonyl (C=O) groups excluding carboxylic acids is 1. The van der Waals surface area contributed by atoms with Crippen LogP contribution in [0.1, 0.15) is 28.6 Å². The van der Waals surface area contributed by atoms with E-state index in [1.165, 1.54) is 4.88 Å². The number of amides is 1. The number of hydrogen-bond acceptors (Lipinski definition) is 6. The summed E-state index contributed by atoms with van der Waals surface area (Å²) in [4.78, 5) is 21.2. The Morgan fingerprint density at radius 3 is 2.60 bits per heavy atom. The van der Waals surface area contributed by atoms with Crippen LogP contribution in [0.5, 0.6) is 0 Å². The van der Waals surface area contributed by atoms with Crippen LogP contribution in [-0.2, 0) is 17.8 Å². The van der Waals surface area contributed by atoms with Gasteiger partial charge in [-0.25, -0.2) is 4.98 Å². The molecular formula is C23H23N5OS. The van der Waals surface area contributed by atoms with Crippen LogP contribution in [0, 0.1) is 0 Å². The fraction of sp³-hybridized carbons (Fsp3) is 0.261. The first-order valence-electron chi connectivity index (χ1n) is 10.1. The minimum absolute atomic E-state index is 0.00694. The number of benzene rings is 2. The van der Waals surface area contributed by atoms with Gasteiger partial charge in [0.2, 0.25) is 0 Å². The van der Waals surface area contributed by atoms with Gasteiger partial charge in [-0.05, 0) is 24.7 Å². The van der Waals surface area contributed by atoms with Gasteiger partial charge in [-0.1, -0.05) is 48.5 Å². The van der Waals surface area contributed by atoms with Crippen molar-refractivity contribution in [2.75, 3.05) is 23.9 Å². The number of hydrogen-bond donors (Lipinski definition) is 1. The lowest BCUT2D eigenvalue weighted by Crippen LogP contribution is -2.25. The van der Waals surface area contributed by atoms with Crippen LogP contribution in [0.15, 0.2) is 65.8 Å². The normalized spacial score (nSPS) is 18.8. The molecule has 3 heterocycles. The minimum atomic E-state index is -0.172. The zero-order chi connectivity index (χ0) is 20.5. The summed E-state index contributed by atoms with van der Waals surface area (Å²) in [7, 11) is 2.11. The van der Waals surface area contributed by atoms with E-state index >= 15 is 0 Å². The van der Waals surface area contributed by atoms with Crippen LogP contribution in [0.4, 0.5) is 10.8 Å². The molecule has 2 aromatic carbocycles. The van der Waals surface area contributed by atoms with Gasteiger partial charge >= 0.3 is 0 Å². The molecule has 7 heteroatoms. The molecule has 2 aliphatic rings. The predicted molar refractivity (Wildman–Crippen MR) is 121 cm³/mol. The van der Waals surface area contributed by atoms with Gasteiger partial charge in [0.25, 0.3) is 5.91 Å². The summed E-state index contributed by atoms with van der Waals surface area (Å²) in [6, 6.07) is 20.2. The second-order valence-electron chi connectivity index (χ2n) is 7.69. The highest BCUT2D eigenvalue weighted by molar-refractivity contribution is 7.16. The van der Waals surface area contributed by atoms with Crippen molar-refractivity contribution in [1.29, 1.82) is 0 Å². The van der Waals surface area contributed by atoms with Crippen molar-refractivity contribution in [2.45, 2.75) is 25.4 Å². The quantitative estimate of drug-likeness (QED) is 0.695. The highest BCUT2D eigenvalue weighted by Gasteiger charge is 2.32. The summed E-state index contributed by atoms with van der Waals surface area (Å²) >= 11 is 1.57.